The van der Waals surface area contributed by atoms with Crippen LogP contribution in [0.4, 0.5) is 0 Å². The highest BCUT2D eigenvalue weighted by Crippen LogP contribution is 2.45. The fourth-order valence-corrected chi connectivity index (χ4v) is 7.94. The lowest BCUT2D eigenvalue weighted by Crippen LogP contribution is -1.91. The van der Waals surface area contributed by atoms with E-state index in [0.29, 0.717) is 0 Å². The van der Waals surface area contributed by atoms with Gasteiger partial charge in [-0.05, 0) is 88.6 Å². The van der Waals surface area contributed by atoms with Crippen molar-refractivity contribution in [3.63, 3.8) is 0 Å². The Bertz CT molecular complexity index is 2760. The molecule has 0 saturated carbocycles. The molecule has 0 unspecified atom stereocenters. The van der Waals surface area contributed by atoms with Crippen LogP contribution in [0.1, 0.15) is 0 Å². The van der Waals surface area contributed by atoms with E-state index in [1.807, 2.05) is 0 Å². The zero-order chi connectivity index (χ0) is 30.9. The molecule has 9 aromatic carbocycles. The summed E-state index contributed by atoms with van der Waals surface area (Å²) in [5.41, 5.74) is 9.84. The molecule has 0 amide bonds. The smallest absolute Gasteiger partial charge is 0.0477 e. The van der Waals surface area contributed by atoms with E-state index in [0.717, 1.165) is 0 Å². The van der Waals surface area contributed by atoms with Crippen molar-refractivity contribution in [3.05, 3.63) is 170 Å². The highest BCUT2D eigenvalue weighted by Gasteiger charge is 2.18. The van der Waals surface area contributed by atoms with Crippen LogP contribution in [0.3, 0.4) is 0 Å². The minimum absolute atomic E-state index is 1.17. The minimum Gasteiger partial charge on any atom is -0.354 e. The summed E-state index contributed by atoms with van der Waals surface area (Å²) in [4.78, 5) is 3.77. The van der Waals surface area contributed by atoms with Gasteiger partial charge in [-0.25, -0.2) is 0 Å². The SMILES string of the molecule is c1ccc(-c2c3ccccc3c(-c3ccc(-c4cc5[nH]c6ccc7ccccc7c6c5c5ccccc45)cc3)c3ccccc23)cc1. The molecule has 0 aliphatic rings. The van der Waals surface area contributed by atoms with E-state index in [-0.39, 0.29) is 0 Å². The Morgan fingerprint density at radius 1 is 0.298 bits per heavy atom. The summed E-state index contributed by atoms with van der Waals surface area (Å²) in [7, 11) is 0. The van der Waals surface area contributed by atoms with Crippen LogP contribution in [-0.4, -0.2) is 4.98 Å². The molecule has 218 valence electrons. The Hall–Kier alpha value is -6.18. The van der Waals surface area contributed by atoms with Crippen molar-refractivity contribution >= 4 is 64.9 Å². The highest BCUT2D eigenvalue weighted by atomic mass is 14.7. The Kier molecular flexibility index (Phi) is 5.64. The number of rotatable bonds is 3. The van der Waals surface area contributed by atoms with Crippen LogP contribution in [0.15, 0.2) is 170 Å². The summed E-state index contributed by atoms with van der Waals surface area (Å²) in [6, 6.07) is 62.1. The fourth-order valence-electron chi connectivity index (χ4n) is 7.94. The van der Waals surface area contributed by atoms with Gasteiger partial charge in [0.2, 0.25) is 0 Å². The van der Waals surface area contributed by atoms with Gasteiger partial charge in [0.25, 0.3) is 0 Å². The third kappa shape index (κ3) is 3.90. The third-order valence-electron chi connectivity index (χ3n) is 9.97. The van der Waals surface area contributed by atoms with Gasteiger partial charge in [0.15, 0.2) is 0 Å². The standard InChI is InChI=1S/C46H29N/c1-2-13-31(14-3-1)43-36-18-8-10-20-38(36)44(39-21-11-9-19-37(39)43)32-24-22-30(23-25-32)40-28-42-46(35-17-7-6-16-34(35)40)45-33-15-5-4-12-29(33)26-27-41(45)47-42/h1-28,47H. The van der Waals surface area contributed by atoms with Gasteiger partial charge in [-0.1, -0.05) is 158 Å². The van der Waals surface area contributed by atoms with E-state index in [2.05, 4.69) is 175 Å². The molecular formula is C46H29N. The average Bonchev–Trinajstić information content (AvgIpc) is 3.53. The molecule has 0 spiro atoms. The average molecular weight is 596 g/mol. The van der Waals surface area contributed by atoms with Crippen molar-refractivity contribution in [2.24, 2.45) is 0 Å². The Labute approximate surface area is 272 Å². The maximum absolute atomic E-state index is 3.77. The molecule has 10 rings (SSSR count). The zero-order valence-corrected chi connectivity index (χ0v) is 25.7. The van der Waals surface area contributed by atoms with E-state index >= 15 is 0 Å². The summed E-state index contributed by atoms with van der Waals surface area (Å²) < 4.78 is 0. The van der Waals surface area contributed by atoms with Gasteiger partial charge in [0.1, 0.15) is 0 Å². The quantitative estimate of drug-likeness (QED) is 0.196. The maximum atomic E-state index is 3.77. The number of benzene rings is 9. The van der Waals surface area contributed by atoms with E-state index in [4.69, 9.17) is 0 Å². The Morgan fingerprint density at radius 2 is 0.766 bits per heavy atom. The Morgan fingerprint density at radius 3 is 1.40 bits per heavy atom. The first kappa shape index (κ1) is 26.1. The van der Waals surface area contributed by atoms with Crippen molar-refractivity contribution < 1.29 is 0 Å². The molecule has 0 aliphatic heterocycles. The lowest BCUT2D eigenvalue weighted by Gasteiger charge is -2.18. The molecule has 1 nitrogen and oxygen atoms in total. The number of hydrogen-bond acceptors (Lipinski definition) is 0. The second-order valence-corrected chi connectivity index (χ2v) is 12.5. The summed E-state index contributed by atoms with van der Waals surface area (Å²) in [6.07, 6.45) is 0. The molecular weight excluding hydrogens is 567 g/mol. The summed E-state index contributed by atoms with van der Waals surface area (Å²) in [5.74, 6) is 0. The third-order valence-corrected chi connectivity index (χ3v) is 9.97. The van der Waals surface area contributed by atoms with Crippen molar-refractivity contribution in [2.75, 3.05) is 0 Å². The molecule has 1 heteroatoms. The largest absolute Gasteiger partial charge is 0.354 e. The lowest BCUT2D eigenvalue weighted by molar-refractivity contribution is 1.55. The van der Waals surface area contributed by atoms with Crippen LogP contribution in [0.2, 0.25) is 0 Å². The van der Waals surface area contributed by atoms with Crippen LogP contribution in [0, 0.1) is 0 Å². The predicted octanol–water partition coefficient (Wildman–Crippen LogP) is 12.9. The van der Waals surface area contributed by atoms with Crippen molar-refractivity contribution in [1.82, 2.24) is 4.98 Å². The van der Waals surface area contributed by atoms with Crippen molar-refractivity contribution in [2.45, 2.75) is 0 Å². The monoisotopic (exact) mass is 595 g/mol. The van der Waals surface area contributed by atoms with E-state index < -0.39 is 0 Å². The molecule has 47 heavy (non-hydrogen) atoms. The molecule has 1 N–H and O–H groups in total. The maximum Gasteiger partial charge on any atom is 0.0477 e. The number of nitrogens with one attached hydrogen (secondary N) is 1. The number of hydrogen-bond donors (Lipinski definition) is 1. The number of H-pyrrole nitrogens is 1. The molecule has 0 fully saturated rings. The molecule has 0 bridgehead atoms. The zero-order valence-electron chi connectivity index (χ0n) is 25.7. The van der Waals surface area contributed by atoms with Gasteiger partial charge in [-0.3, -0.25) is 0 Å². The fraction of sp³-hybridized carbons (Fsp3) is 0. The van der Waals surface area contributed by atoms with E-state index in [9.17, 15) is 0 Å². The van der Waals surface area contributed by atoms with Crippen LogP contribution in [0.5, 0.6) is 0 Å². The van der Waals surface area contributed by atoms with Crippen LogP contribution < -0.4 is 0 Å². The second-order valence-electron chi connectivity index (χ2n) is 12.5. The highest BCUT2D eigenvalue weighted by molar-refractivity contribution is 6.29. The first-order chi connectivity index (χ1) is 23.3. The van der Waals surface area contributed by atoms with Gasteiger partial charge >= 0.3 is 0 Å². The van der Waals surface area contributed by atoms with E-state index in [1.165, 1.54) is 98.3 Å². The van der Waals surface area contributed by atoms with Crippen molar-refractivity contribution in [1.29, 1.82) is 0 Å². The minimum atomic E-state index is 1.17. The van der Waals surface area contributed by atoms with Crippen LogP contribution >= 0.6 is 0 Å². The van der Waals surface area contributed by atoms with Crippen LogP contribution in [-0.2, 0) is 0 Å². The van der Waals surface area contributed by atoms with Crippen molar-refractivity contribution in [3.8, 4) is 33.4 Å². The summed E-state index contributed by atoms with van der Waals surface area (Å²) in [6.45, 7) is 0. The molecule has 10 aromatic rings. The van der Waals surface area contributed by atoms with Gasteiger partial charge in [-0.15, -0.1) is 0 Å². The van der Waals surface area contributed by atoms with Gasteiger partial charge in [0.05, 0.1) is 0 Å². The summed E-state index contributed by atoms with van der Waals surface area (Å²) >= 11 is 0. The number of aromatic nitrogens is 1. The number of aromatic amines is 1. The molecule has 0 atom stereocenters. The van der Waals surface area contributed by atoms with Gasteiger partial charge < -0.3 is 4.98 Å². The van der Waals surface area contributed by atoms with Gasteiger partial charge in [-0.2, -0.15) is 0 Å². The predicted molar refractivity (Wildman–Crippen MR) is 202 cm³/mol. The normalized spacial score (nSPS) is 11.8. The summed E-state index contributed by atoms with van der Waals surface area (Å²) in [5, 5.41) is 12.8. The first-order valence-electron chi connectivity index (χ1n) is 16.3. The molecule has 1 heterocycles. The molecule has 0 aliphatic carbocycles. The topological polar surface area (TPSA) is 15.8 Å². The Balaban J connectivity index is 1.19. The molecule has 1 aromatic heterocycles. The second kappa shape index (κ2) is 10.2. The first-order valence-corrected chi connectivity index (χ1v) is 16.3. The lowest BCUT2D eigenvalue weighted by atomic mass is 9.85. The molecule has 0 saturated heterocycles. The van der Waals surface area contributed by atoms with Gasteiger partial charge in [0, 0.05) is 21.8 Å². The van der Waals surface area contributed by atoms with E-state index in [1.54, 1.807) is 0 Å². The van der Waals surface area contributed by atoms with Crippen LogP contribution in [0.25, 0.3) is 98.3 Å². The molecule has 0 radical (unpaired) electrons. The number of fused-ring (bicyclic) bond motifs is 9.